The maximum Gasteiger partial charge on any atom is 0.308 e. The molecule has 140 valence electrons. The van der Waals surface area contributed by atoms with Crippen molar-refractivity contribution in [3.63, 3.8) is 0 Å². The second-order valence-electron chi connectivity index (χ2n) is 6.22. The maximum absolute atomic E-state index is 12.3. The van der Waals surface area contributed by atoms with E-state index in [2.05, 4.69) is 10.6 Å². The van der Waals surface area contributed by atoms with Gasteiger partial charge in [-0.3, -0.25) is 14.4 Å². The van der Waals surface area contributed by atoms with E-state index in [0.717, 1.165) is 11.1 Å². The number of esters is 1. The fourth-order valence-electron chi connectivity index (χ4n) is 2.35. The minimum atomic E-state index is -0.445. The van der Waals surface area contributed by atoms with E-state index in [4.69, 9.17) is 4.74 Å². The van der Waals surface area contributed by atoms with Crippen molar-refractivity contribution in [2.45, 2.75) is 27.3 Å². The first-order chi connectivity index (χ1) is 12.8. The summed E-state index contributed by atoms with van der Waals surface area (Å²) >= 11 is 0. The van der Waals surface area contributed by atoms with Crippen LogP contribution in [0, 0.1) is 0 Å². The van der Waals surface area contributed by atoms with Crippen molar-refractivity contribution >= 4 is 23.5 Å². The first-order valence-electron chi connectivity index (χ1n) is 8.45. The topological polar surface area (TPSA) is 84.5 Å². The Morgan fingerprint density at radius 2 is 1.74 bits per heavy atom. The highest BCUT2D eigenvalue weighted by molar-refractivity contribution is 5.99. The van der Waals surface area contributed by atoms with Gasteiger partial charge in [-0.2, -0.15) is 0 Å². The minimum Gasteiger partial charge on any atom is -0.427 e. The molecule has 0 atom stereocenters. The van der Waals surface area contributed by atoms with Crippen molar-refractivity contribution in [1.29, 1.82) is 0 Å². The molecule has 0 heterocycles. The number of carbonyl (C=O) groups excluding carboxylic acids is 3. The quantitative estimate of drug-likeness (QED) is 0.466. The van der Waals surface area contributed by atoms with Crippen LogP contribution >= 0.6 is 0 Å². The lowest BCUT2D eigenvalue weighted by atomic mass is 10.1. The van der Waals surface area contributed by atoms with Crippen LogP contribution in [0.3, 0.4) is 0 Å². The largest absolute Gasteiger partial charge is 0.427 e. The number of allylic oxidation sites excluding steroid dienone is 1. The number of hydrogen-bond donors (Lipinski definition) is 2. The van der Waals surface area contributed by atoms with Crippen molar-refractivity contribution in [3.05, 3.63) is 71.3 Å². The molecular weight excluding hydrogens is 344 g/mol. The van der Waals surface area contributed by atoms with E-state index in [1.807, 2.05) is 19.9 Å². The fraction of sp³-hybridized carbons (Fsp3) is 0.190. The van der Waals surface area contributed by atoms with Gasteiger partial charge >= 0.3 is 5.97 Å². The summed E-state index contributed by atoms with van der Waals surface area (Å²) in [5.74, 6) is -0.611. The monoisotopic (exact) mass is 366 g/mol. The molecule has 2 aromatic carbocycles. The van der Waals surface area contributed by atoms with Crippen molar-refractivity contribution in [3.8, 4) is 5.75 Å². The highest BCUT2D eigenvalue weighted by Gasteiger charge is 2.08. The molecule has 0 spiro atoms. The number of rotatable bonds is 6. The van der Waals surface area contributed by atoms with E-state index in [-0.39, 0.29) is 11.8 Å². The van der Waals surface area contributed by atoms with Gasteiger partial charge in [-0.05, 0) is 49.7 Å². The van der Waals surface area contributed by atoms with Crippen LogP contribution in [0.4, 0.5) is 5.69 Å². The normalized spacial score (nSPS) is 9.89. The highest BCUT2D eigenvalue weighted by atomic mass is 16.5. The molecule has 0 aliphatic rings. The molecule has 0 aliphatic heterocycles. The van der Waals surface area contributed by atoms with Crippen LogP contribution in [0.2, 0.25) is 0 Å². The maximum atomic E-state index is 12.3. The summed E-state index contributed by atoms with van der Waals surface area (Å²) in [7, 11) is 0. The Balaban J connectivity index is 1.99. The molecule has 0 unspecified atom stereocenters. The lowest BCUT2D eigenvalue weighted by Gasteiger charge is -2.09. The van der Waals surface area contributed by atoms with Gasteiger partial charge in [-0.15, -0.1) is 0 Å². The van der Waals surface area contributed by atoms with Crippen LogP contribution < -0.4 is 15.4 Å². The van der Waals surface area contributed by atoms with Gasteiger partial charge in [0.25, 0.3) is 5.91 Å². The Bertz CT molecular complexity index is 883. The number of anilines is 1. The summed E-state index contributed by atoms with van der Waals surface area (Å²) in [6, 6.07) is 13.6. The fourth-order valence-corrected chi connectivity index (χ4v) is 2.35. The second kappa shape index (κ2) is 9.33. The Kier molecular flexibility index (Phi) is 6.88. The number of hydrogen-bond acceptors (Lipinski definition) is 4. The molecule has 2 aromatic rings. The summed E-state index contributed by atoms with van der Waals surface area (Å²) in [5, 5.41) is 5.59. The molecule has 0 fully saturated rings. The molecule has 6 nitrogen and oxygen atoms in total. The molecule has 0 radical (unpaired) electrons. The van der Waals surface area contributed by atoms with Crippen molar-refractivity contribution in [2.75, 3.05) is 5.32 Å². The third-order valence-electron chi connectivity index (χ3n) is 3.43. The summed E-state index contributed by atoms with van der Waals surface area (Å²) in [6.07, 6.45) is 1.52. The molecule has 27 heavy (non-hydrogen) atoms. The average Bonchev–Trinajstić information content (AvgIpc) is 2.59. The second-order valence-corrected chi connectivity index (χ2v) is 6.22. The number of ether oxygens (including phenoxy) is 1. The van der Waals surface area contributed by atoms with E-state index in [0.29, 0.717) is 23.5 Å². The highest BCUT2D eigenvalue weighted by Crippen LogP contribution is 2.14. The molecular formula is C21H22N2O4. The lowest BCUT2D eigenvalue weighted by molar-refractivity contribution is -0.131. The van der Waals surface area contributed by atoms with E-state index in [1.165, 1.54) is 19.1 Å². The number of amides is 2. The summed E-state index contributed by atoms with van der Waals surface area (Å²) in [4.78, 5) is 35.1. The summed E-state index contributed by atoms with van der Waals surface area (Å²) in [5.41, 5.74) is 2.80. The SMILES string of the molecule is CC(=O)Oc1cccc(C(=O)NCc2cccc(NC(=O)C=C(C)C)c2)c1. The molecule has 0 bridgehead atoms. The molecule has 2 N–H and O–H groups in total. The van der Waals surface area contributed by atoms with Crippen molar-refractivity contribution in [1.82, 2.24) is 5.32 Å². The minimum absolute atomic E-state index is 0.196. The van der Waals surface area contributed by atoms with Gasteiger partial charge in [-0.1, -0.05) is 23.8 Å². The van der Waals surface area contributed by atoms with E-state index in [9.17, 15) is 14.4 Å². The smallest absolute Gasteiger partial charge is 0.308 e. The third-order valence-corrected chi connectivity index (χ3v) is 3.43. The Morgan fingerprint density at radius 1 is 1.00 bits per heavy atom. The van der Waals surface area contributed by atoms with Crippen LogP contribution in [0.5, 0.6) is 5.75 Å². The standard InChI is InChI=1S/C21H22N2O4/c1-14(2)10-20(25)23-18-8-4-6-16(11-18)13-22-21(26)17-7-5-9-19(12-17)27-15(3)24/h4-12H,13H2,1-3H3,(H,22,26)(H,23,25). The van der Waals surface area contributed by atoms with E-state index in [1.54, 1.807) is 36.4 Å². The van der Waals surface area contributed by atoms with Crippen molar-refractivity contribution in [2.24, 2.45) is 0 Å². The molecule has 2 amide bonds. The Labute approximate surface area is 158 Å². The molecule has 0 saturated heterocycles. The lowest BCUT2D eigenvalue weighted by Crippen LogP contribution is -2.23. The molecule has 2 rings (SSSR count). The van der Waals surface area contributed by atoms with Gasteiger partial charge in [-0.25, -0.2) is 0 Å². The predicted molar refractivity (Wildman–Crippen MR) is 103 cm³/mol. The van der Waals surface area contributed by atoms with E-state index < -0.39 is 5.97 Å². The van der Waals surface area contributed by atoms with Gasteiger partial charge in [0.1, 0.15) is 5.75 Å². The van der Waals surface area contributed by atoms with Crippen molar-refractivity contribution < 1.29 is 19.1 Å². The zero-order valence-corrected chi connectivity index (χ0v) is 15.5. The van der Waals surface area contributed by atoms with Gasteiger partial charge in [0.05, 0.1) is 0 Å². The zero-order chi connectivity index (χ0) is 19.8. The molecule has 0 aliphatic carbocycles. The predicted octanol–water partition coefficient (Wildman–Crippen LogP) is 3.45. The molecule has 0 aromatic heterocycles. The van der Waals surface area contributed by atoms with Crippen LogP contribution in [0.15, 0.2) is 60.2 Å². The van der Waals surface area contributed by atoms with Gasteiger partial charge in [0.15, 0.2) is 0 Å². The number of nitrogens with one attached hydrogen (secondary N) is 2. The summed E-state index contributed by atoms with van der Waals surface area (Å²) < 4.78 is 4.98. The third kappa shape index (κ3) is 6.78. The summed E-state index contributed by atoms with van der Waals surface area (Å²) in [6.45, 7) is 5.29. The van der Waals surface area contributed by atoms with E-state index >= 15 is 0 Å². The van der Waals surface area contributed by atoms with Gasteiger partial charge < -0.3 is 15.4 Å². The number of carbonyl (C=O) groups is 3. The van der Waals surface area contributed by atoms with Crippen LogP contribution in [-0.2, 0) is 16.1 Å². The Morgan fingerprint density at radius 3 is 2.44 bits per heavy atom. The molecule has 6 heteroatoms. The number of benzene rings is 2. The first-order valence-corrected chi connectivity index (χ1v) is 8.45. The zero-order valence-electron chi connectivity index (χ0n) is 15.5. The van der Waals surface area contributed by atoms with Gasteiger partial charge in [0.2, 0.25) is 5.91 Å². The molecule has 0 saturated carbocycles. The van der Waals surface area contributed by atoms with Gasteiger partial charge in [0, 0.05) is 30.8 Å². The average molecular weight is 366 g/mol. The Hall–Kier alpha value is -3.41. The van der Waals surface area contributed by atoms with Crippen LogP contribution in [0.25, 0.3) is 0 Å². The van der Waals surface area contributed by atoms with Crippen LogP contribution in [-0.4, -0.2) is 17.8 Å². The van der Waals surface area contributed by atoms with Crippen LogP contribution in [0.1, 0.15) is 36.7 Å². The first kappa shape index (κ1) is 19.9.